The number of fused-ring (bicyclic) bond motifs is 15. The quantitative estimate of drug-likeness (QED) is 0.161. The molecule has 300 valence electrons. The number of pyridine rings is 1. The van der Waals surface area contributed by atoms with E-state index in [4.69, 9.17) is 4.98 Å². The van der Waals surface area contributed by atoms with Crippen LogP contribution in [-0.2, 0) is 5.41 Å². The minimum absolute atomic E-state index is 0.410. The standard InChI is InChI=1S/C64H39N/c1-3-15-44-33-46(31-27-40(44)13-1)49-35-48(36-50(37-49)47-32-28-41-14-2-4-16-45(41)34-47)42-25-29-43(30-26-42)63-57-38-56-53-19-7-11-23-60(53)64(61(56)39-55(57)54-20-8-12-24-62(54)65-63)58-21-9-5-17-51(58)52-18-6-10-22-59(52)64/h1-39H. The summed E-state index contributed by atoms with van der Waals surface area (Å²) in [4.78, 5) is 5.48. The van der Waals surface area contributed by atoms with Crippen molar-refractivity contribution in [2.45, 2.75) is 5.41 Å². The Bertz CT molecular complexity index is 3800. The first-order valence-electron chi connectivity index (χ1n) is 22.6. The van der Waals surface area contributed by atoms with Crippen molar-refractivity contribution in [2.24, 2.45) is 0 Å². The smallest absolute Gasteiger partial charge is 0.0788 e. The molecule has 0 saturated heterocycles. The fourth-order valence-corrected chi connectivity index (χ4v) is 11.4. The third-order valence-electron chi connectivity index (χ3n) is 14.4. The van der Waals surface area contributed by atoms with Gasteiger partial charge in [0.05, 0.1) is 16.6 Å². The highest BCUT2D eigenvalue weighted by atomic mass is 14.7. The summed E-state index contributed by atoms with van der Waals surface area (Å²) < 4.78 is 0. The van der Waals surface area contributed by atoms with Crippen molar-refractivity contribution in [1.29, 1.82) is 0 Å². The summed E-state index contributed by atoms with van der Waals surface area (Å²) in [6.07, 6.45) is 0. The van der Waals surface area contributed by atoms with E-state index < -0.39 is 5.41 Å². The number of benzene rings is 11. The molecular formula is C64H39N. The summed E-state index contributed by atoms with van der Waals surface area (Å²) >= 11 is 0. The summed E-state index contributed by atoms with van der Waals surface area (Å²) in [6, 6.07) is 87.8. The third kappa shape index (κ3) is 5.30. The van der Waals surface area contributed by atoms with Crippen molar-refractivity contribution in [3.8, 4) is 66.9 Å². The van der Waals surface area contributed by atoms with E-state index >= 15 is 0 Å². The van der Waals surface area contributed by atoms with Gasteiger partial charge in [-0.1, -0.05) is 188 Å². The van der Waals surface area contributed by atoms with E-state index in [9.17, 15) is 0 Å². The predicted molar refractivity (Wildman–Crippen MR) is 272 cm³/mol. The number of para-hydroxylation sites is 1. The van der Waals surface area contributed by atoms with E-state index in [0.29, 0.717) is 0 Å². The molecule has 2 aliphatic carbocycles. The molecular weight excluding hydrogens is 783 g/mol. The Labute approximate surface area is 377 Å². The Morgan fingerprint density at radius 3 is 1.28 bits per heavy atom. The Morgan fingerprint density at radius 2 is 0.692 bits per heavy atom. The summed E-state index contributed by atoms with van der Waals surface area (Å²) in [6.45, 7) is 0. The first-order valence-corrected chi connectivity index (χ1v) is 22.6. The molecule has 1 heteroatoms. The minimum atomic E-state index is -0.410. The van der Waals surface area contributed by atoms with Crippen molar-refractivity contribution in [1.82, 2.24) is 4.98 Å². The van der Waals surface area contributed by atoms with Gasteiger partial charge in [-0.05, 0) is 153 Å². The van der Waals surface area contributed by atoms with E-state index in [1.54, 1.807) is 0 Å². The summed E-state index contributed by atoms with van der Waals surface area (Å²) in [5, 5.41) is 8.53. The van der Waals surface area contributed by atoms with E-state index in [-0.39, 0.29) is 0 Å². The van der Waals surface area contributed by atoms with Gasteiger partial charge in [0.15, 0.2) is 0 Å². The zero-order valence-corrected chi connectivity index (χ0v) is 35.5. The van der Waals surface area contributed by atoms with Crippen LogP contribution in [0.1, 0.15) is 22.3 Å². The Morgan fingerprint density at radius 1 is 0.246 bits per heavy atom. The lowest BCUT2D eigenvalue weighted by molar-refractivity contribution is 0.795. The van der Waals surface area contributed by atoms with Gasteiger partial charge in [0, 0.05) is 16.3 Å². The Balaban J connectivity index is 0.949. The SMILES string of the molecule is c1ccc2c(c1)-c1ccccc1C21c2ccccc2-c2cc3c(-c4ccc(-c5cc(-c6ccc7ccccc7c6)cc(-c6ccc7ccccc7c6)c5)cc4)nc4ccccc4c3cc21. The van der Waals surface area contributed by atoms with Gasteiger partial charge >= 0.3 is 0 Å². The number of nitrogens with zero attached hydrogens (tertiary/aromatic N) is 1. The van der Waals surface area contributed by atoms with E-state index in [1.165, 1.54) is 116 Å². The fourth-order valence-electron chi connectivity index (χ4n) is 11.4. The molecule has 1 nitrogen and oxygen atoms in total. The van der Waals surface area contributed by atoms with Crippen LogP contribution in [0, 0.1) is 0 Å². The molecule has 14 rings (SSSR count). The second kappa shape index (κ2) is 13.8. The van der Waals surface area contributed by atoms with Crippen molar-refractivity contribution in [3.05, 3.63) is 259 Å². The predicted octanol–water partition coefficient (Wildman–Crippen LogP) is 16.7. The minimum Gasteiger partial charge on any atom is -0.247 e. The molecule has 0 atom stereocenters. The first-order chi connectivity index (χ1) is 32.2. The molecule has 1 heterocycles. The summed E-state index contributed by atoms with van der Waals surface area (Å²) in [5.74, 6) is 0. The van der Waals surface area contributed by atoms with Crippen LogP contribution in [0.4, 0.5) is 0 Å². The zero-order valence-electron chi connectivity index (χ0n) is 35.5. The summed E-state index contributed by atoms with van der Waals surface area (Å²) in [7, 11) is 0. The highest BCUT2D eigenvalue weighted by Gasteiger charge is 2.51. The van der Waals surface area contributed by atoms with Crippen LogP contribution < -0.4 is 0 Å². The van der Waals surface area contributed by atoms with Crippen molar-refractivity contribution >= 4 is 43.2 Å². The molecule has 0 bridgehead atoms. The van der Waals surface area contributed by atoms with Crippen LogP contribution >= 0.6 is 0 Å². The highest BCUT2D eigenvalue weighted by molar-refractivity contribution is 6.14. The molecule has 0 saturated carbocycles. The molecule has 12 aromatic rings. The van der Waals surface area contributed by atoms with Gasteiger partial charge in [0.2, 0.25) is 0 Å². The zero-order chi connectivity index (χ0) is 42.6. The molecule has 0 radical (unpaired) electrons. The van der Waals surface area contributed by atoms with Crippen LogP contribution in [0.15, 0.2) is 237 Å². The van der Waals surface area contributed by atoms with Gasteiger partial charge in [-0.25, -0.2) is 4.98 Å². The van der Waals surface area contributed by atoms with Gasteiger partial charge in [-0.3, -0.25) is 0 Å². The molecule has 0 fully saturated rings. The topological polar surface area (TPSA) is 12.9 Å². The fraction of sp³-hybridized carbons (Fsp3) is 0.0156. The van der Waals surface area contributed by atoms with Crippen LogP contribution in [0.2, 0.25) is 0 Å². The van der Waals surface area contributed by atoms with Gasteiger partial charge in [-0.15, -0.1) is 0 Å². The first kappa shape index (κ1) is 36.1. The number of aromatic nitrogens is 1. The maximum absolute atomic E-state index is 5.48. The molecule has 0 unspecified atom stereocenters. The van der Waals surface area contributed by atoms with E-state index in [1.807, 2.05) is 0 Å². The van der Waals surface area contributed by atoms with E-state index in [0.717, 1.165) is 16.8 Å². The molecule has 0 aliphatic heterocycles. The van der Waals surface area contributed by atoms with Crippen LogP contribution in [0.3, 0.4) is 0 Å². The molecule has 0 amide bonds. The molecule has 2 aliphatic rings. The van der Waals surface area contributed by atoms with Crippen molar-refractivity contribution in [2.75, 3.05) is 0 Å². The number of rotatable bonds is 4. The van der Waals surface area contributed by atoms with Gasteiger partial charge in [-0.2, -0.15) is 0 Å². The molecule has 1 spiro atoms. The average molecular weight is 822 g/mol. The third-order valence-corrected chi connectivity index (χ3v) is 14.4. The second-order valence-corrected chi connectivity index (χ2v) is 17.8. The second-order valence-electron chi connectivity index (χ2n) is 17.8. The van der Waals surface area contributed by atoms with Crippen molar-refractivity contribution < 1.29 is 0 Å². The molecule has 11 aromatic carbocycles. The van der Waals surface area contributed by atoms with Crippen LogP contribution in [-0.4, -0.2) is 4.98 Å². The lowest BCUT2D eigenvalue weighted by atomic mass is 9.70. The maximum Gasteiger partial charge on any atom is 0.0788 e. The van der Waals surface area contributed by atoms with Gasteiger partial charge in [0.1, 0.15) is 0 Å². The molecule has 65 heavy (non-hydrogen) atoms. The van der Waals surface area contributed by atoms with Gasteiger partial charge < -0.3 is 0 Å². The number of hydrogen-bond donors (Lipinski definition) is 0. The van der Waals surface area contributed by atoms with E-state index in [2.05, 4.69) is 237 Å². The molecule has 0 N–H and O–H groups in total. The van der Waals surface area contributed by atoms with Crippen molar-refractivity contribution in [3.63, 3.8) is 0 Å². The molecule has 1 aromatic heterocycles. The Hall–Kier alpha value is -8.39. The number of hydrogen-bond acceptors (Lipinski definition) is 1. The lowest BCUT2D eigenvalue weighted by Crippen LogP contribution is -2.25. The average Bonchev–Trinajstić information content (AvgIpc) is 3.84. The largest absolute Gasteiger partial charge is 0.247 e. The Kier molecular flexibility index (Phi) is 7.67. The highest BCUT2D eigenvalue weighted by Crippen LogP contribution is 2.63. The van der Waals surface area contributed by atoms with Crippen LogP contribution in [0.25, 0.3) is 110 Å². The lowest BCUT2D eigenvalue weighted by Gasteiger charge is -2.30. The monoisotopic (exact) mass is 821 g/mol. The maximum atomic E-state index is 5.48. The summed E-state index contributed by atoms with van der Waals surface area (Å²) in [5.41, 5.74) is 20.4. The van der Waals surface area contributed by atoms with Gasteiger partial charge in [0.25, 0.3) is 0 Å². The van der Waals surface area contributed by atoms with Crippen LogP contribution in [0.5, 0.6) is 0 Å². The normalized spacial score (nSPS) is 13.0.